The third kappa shape index (κ3) is 2.45. The second-order valence-corrected chi connectivity index (χ2v) is 4.42. The monoisotopic (exact) mass is 248 g/mol. The summed E-state index contributed by atoms with van der Waals surface area (Å²) in [5.74, 6) is -0.228. The van der Waals surface area contributed by atoms with E-state index in [2.05, 4.69) is 10.3 Å². The first-order chi connectivity index (χ1) is 8.22. The molecular formula is C12H12N2O2S. The summed E-state index contributed by atoms with van der Waals surface area (Å²) in [5.41, 5.74) is 1.07. The first-order valence-electron chi connectivity index (χ1n) is 5.27. The van der Waals surface area contributed by atoms with Crippen molar-refractivity contribution in [2.75, 3.05) is 5.32 Å². The van der Waals surface area contributed by atoms with E-state index < -0.39 is 0 Å². The van der Waals surface area contributed by atoms with Gasteiger partial charge in [0.05, 0.1) is 4.88 Å². The van der Waals surface area contributed by atoms with Gasteiger partial charge in [0, 0.05) is 18.5 Å². The Labute approximate surface area is 102 Å². The highest BCUT2D eigenvalue weighted by molar-refractivity contribution is 7.12. The fourth-order valence-electron chi connectivity index (χ4n) is 1.51. The Morgan fingerprint density at radius 1 is 1.47 bits per heavy atom. The number of thiophene rings is 1. The zero-order valence-electron chi connectivity index (χ0n) is 9.32. The van der Waals surface area contributed by atoms with Crippen LogP contribution in [-0.4, -0.2) is 10.9 Å². The zero-order chi connectivity index (χ0) is 12.3. The van der Waals surface area contributed by atoms with Crippen LogP contribution in [0.25, 0.3) is 0 Å². The number of aryl methyl sites for hydroxylation is 1. The van der Waals surface area contributed by atoms with E-state index in [-0.39, 0.29) is 17.0 Å². The molecule has 88 valence electrons. The number of carbonyl (C=O) groups is 1. The molecule has 0 fully saturated rings. The number of H-pyrrole nitrogens is 1. The molecule has 2 rings (SSSR count). The molecule has 0 aromatic carbocycles. The SMILES string of the molecule is CCc1ccsc1C(=O)Nc1c[nH]ccc1=O. The number of hydrogen-bond donors (Lipinski definition) is 2. The summed E-state index contributed by atoms with van der Waals surface area (Å²) in [6.07, 6.45) is 3.82. The van der Waals surface area contributed by atoms with Crippen LogP contribution in [0.5, 0.6) is 0 Å². The van der Waals surface area contributed by atoms with Crippen LogP contribution in [-0.2, 0) is 6.42 Å². The van der Waals surface area contributed by atoms with E-state index >= 15 is 0 Å². The predicted octanol–water partition coefficient (Wildman–Crippen LogP) is 2.25. The molecule has 0 atom stereocenters. The average Bonchev–Trinajstić information content (AvgIpc) is 2.80. The first kappa shape index (κ1) is 11.6. The van der Waals surface area contributed by atoms with E-state index in [0.29, 0.717) is 4.88 Å². The first-order valence-corrected chi connectivity index (χ1v) is 6.15. The van der Waals surface area contributed by atoms with Crippen molar-refractivity contribution in [2.45, 2.75) is 13.3 Å². The summed E-state index contributed by atoms with van der Waals surface area (Å²) in [4.78, 5) is 26.8. The van der Waals surface area contributed by atoms with Crippen LogP contribution in [0.2, 0.25) is 0 Å². The van der Waals surface area contributed by atoms with Gasteiger partial charge in [0.1, 0.15) is 5.69 Å². The molecule has 2 aromatic rings. The lowest BCUT2D eigenvalue weighted by Crippen LogP contribution is -2.17. The molecule has 0 aliphatic carbocycles. The maximum atomic E-state index is 12.0. The van der Waals surface area contributed by atoms with E-state index in [4.69, 9.17) is 0 Å². The average molecular weight is 248 g/mol. The molecule has 5 heteroatoms. The molecule has 0 saturated carbocycles. The maximum absolute atomic E-state index is 12.0. The van der Waals surface area contributed by atoms with Gasteiger partial charge in [-0.3, -0.25) is 9.59 Å². The fraction of sp³-hybridized carbons (Fsp3) is 0.167. The van der Waals surface area contributed by atoms with Crippen LogP contribution in [0, 0.1) is 0 Å². The lowest BCUT2D eigenvalue weighted by molar-refractivity contribution is 0.102. The molecule has 1 amide bonds. The standard InChI is InChI=1S/C12H12N2O2S/c1-2-8-4-6-17-11(8)12(16)14-9-7-13-5-3-10(9)15/h3-7H,2H2,1H3,(H,13,15)(H,14,16). The highest BCUT2D eigenvalue weighted by Gasteiger charge is 2.13. The van der Waals surface area contributed by atoms with E-state index in [0.717, 1.165) is 12.0 Å². The number of pyridine rings is 1. The highest BCUT2D eigenvalue weighted by atomic mass is 32.1. The van der Waals surface area contributed by atoms with Crippen molar-refractivity contribution >= 4 is 22.9 Å². The molecule has 0 aliphatic heterocycles. The molecule has 0 unspecified atom stereocenters. The van der Waals surface area contributed by atoms with Gasteiger partial charge in [-0.05, 0) is 23.4 Å². The van der Waals surface area contributed by atoms with Gasteiger partial charge in [-0.15, -0.1) is 11.3 Å². The predicted molar refractivity (Wildman–Crippen MR) is 68.7 cm³/mol. The van der Waals surface area contributed by atoms with Crippen molar-refractivity contribution in [3.8, 4) is 0 Å². The molecule has 0 aliphatic rings. The molecule has 2 aromatic heterocycles. The minimum absolute atomic E-state index is 0.202. The summed E-state index contributed by atoms with van der Waals surface area (Å²) in [5, 5.41) is 4.49. The van der Waals surface area contributed by atoms with E-state index in [1.54, 1.807) is 0 Å². The van der Waals surface area contributed by atoms with Crippen molar-refractivity contribution in [3.05, 3.63) is 50.6 Å². The van der Waals surface area contributed by atoms with E-state index in [1.165, 1.54) is 29.8 Å². The normalized spacial score (nSPS) is 10.2. The van der Waals surface area contributed by atoms with Crippen molar-refractivity contribution in [3.63, 3.8) is 0 Å². The summed E-state index contributed by atoms with van der Waals surface area (Å²) in [7, 11) is 0. The Hall–Kier alpha value is -1.88. The highest BCUT2D eigenvalue weighted by Crippen LogP contribution is 2.18. The van der Waals surface area contributed by atoms with Gasteiger partial charge in [-0.25, -0.2) is 0 Å². The molecule has 2 N–H and O–H groups in total. The quantitative estimate of drug-likeness (QED) is 0.875. The maximum Gasteiger partial charge on any atom is 0.266 e. The number of aromatic amines is 1. The van der Waals surface area contributed by atoms with Crippen LogP contribution in [0.15, 0.2) is 34.7 Å². The third-order valence-electron chi connectivity index (χ3n) is 2.41. The molecule has 17 heavy (non-hydrogen) atoms. The minimum atomic E-state index is -0.228. The lowest BCUT2D eigenvalue weighted by Gasteiger charge is -2.03. The Bertz CT molecular complexity index is 586. The molecule has 0 bridgehead atoms. The number of rotatable bonds is 3. The van der Waals surface area contributed by atoms with Gasteiger partial charge in [0.2, 0.25) is 5.43 Å². The van der Waals surface area contributed by atoms with Gasteiger partial charge < -0.3 is 10.3 Å². The summed E-state index contributed by atoms with van der Waals surface area (Å²) >= 11 is 1.38. The Morgan fingerprint density at radius 3 is 3.00 bits per heavy atom. The number of anilines is 1. The van der Waals surface area contributed by atoms with Gasteiger partial charge in [-0.1, -0.05) is 6.92 Å². The van der Waals surface area contributed by atoms with Gasteiger partial charge in [0.25, 0.3) is 5.91 Å². The molecule has 0 saturated heterocycles. The molecule has 0 spiro atoms. The Morgan fingerprint density at radius 2 is 2.29 bits per heavy atom. The van der Waals surface area contributed by atoms with Gasteiger partial charge >= 0.3 is 0 Å². The number of hydrogen-bond acceptors (Lipinski definition) is 3. The van der Waals surface area contributed by atoms with Crippen molar-refractivity contribution in [2.24, 2.45) is 0 Å². The second-order valence-electron chi connectivity index (χ2n) is 3.50. The number of aromatic nitrogens is 1. The largest absolute Gasteiger partial charge is 0.366 e. The topological polar surface area (TPSA) is 62.0 Å². The number of nitrogens with one attached hydrogen (secondary N) is 2. The molecular weight excluding hydrogens is 236 g/mol. The van der Waals surface area contributed by atoms with Crippen molar-refractivity contribution in [1.82, 2.24) is 4.98 Å². The molecule has 0 radical (unpaired) electrons. The van der Waals surface area contributed by atoms with Crippen LogP contribution >= 0.6 is 11.3 Å². The number of amides is 1. The zero-order valence-corrected chi connectivity index (χ0v) is 10.1. The van der Waals surface area contributed by atoms with Crippen LogP contribution < -0.4 is 10.7 Å². The molecule has 4 nitrogen and oxygen atoms in total. The fourth-order valence-corrected chi connectivity index (χ4v) is 2.40. The second kappa shape index (κ2) is 4.97. The summed E-state index contributed by atoms with van der Waals surface area (Å²) in [6.45, 7) is 1.99. The summed E-state index contributed by atoms with van der Waals surface area (Å²) in [6, 6.07) is 3.31. The third-order valence-corrected chi connectivity index (χ3v) is 3.36. The molecule has 2 heterocycles. The van der Waals surface area contributed by atoms with Gasteiger partial charge in [-0.2, -0.15) is 0 Å². The number of carbonyl (C=O) groups excluding carboxylic acids is 1. The lowest BCUT2D eigenvalue weighted by atomic mass is 10.2. The van der Waals surface area contributed by atoms with Crippen LogP contribution in [0.1, 0.15) is 22.2 Å². The van der Waals surface area contributed by atoms with Crippen molar-refractivity contribution in [1.29, 1.82) is 0 Å². The van der Waals surface area contributed by atoms with E-state index in [1.807, 2.05) is 18.4 Å². The van der Waals surface area contributed by atoms with Crippen molar-refractivity contribution < 1.29 is 4.79 Å². The Kier molecular flexibility index (Phi) is 3.39. The van der Waals surface area contributed by atoms with E-state index in [9.17, 15) is 9.59 Å². The van der Waals surface area contributed by atoms with Crippen LogP contribution in [0.4, 0.5) is 5.69 Å². The van der Waals surface area contributed by atoms with Crippen LogP contribution in [0.3, 0.4) is 0 Å². The van der Waals surface area contributed by atoms with Gasteiger partial charge in [0.15, 0.2) is 0 Å². The minimum Gasteiger partial charge on any atom is -0.366 e. The Balaban J connectivity index is 2.23. The summed E-state index contributed by atoms with van der Waals surface area (Å²) < 4.78 is 0. The smallest absolute Gasteiger partial charge is 0.266 e.